The SMILES string of the molecule is COc1ccc(S(=O)(=O)N2CCCC(C(=O)Nc3ccc(C(N)=O)cc3)C2)cc1OC. The summed E-state index contributed by atoms with van der Waals surface area (Å²) in [6.07, 6.45) is 1.13. The van der Waals surface area contributed by atoms with E-state index in [1.807, 2.05) is 0 Å². The summed E-state index contributed by atoms with van der Waals surface area (Å²) in [5.74, 6) is -0.589. The van der Waals surface area contributed by atoms with Gasteiger partial charge in [-0.25, -0.2) is 8.42 Å². The molecule has 1 aliphatic rings. The van der Waals surface area contributed by atoms with Crippen molar-refractivity contribution in [2.45, 2.75) is 17.7 Å². The van der Waals surface area contributed by atoms with Crippen molar-refractivity contribution in [1.29, 1.82) is 0 Å². The van der Waals surface area contributed by atoms with E-state index in [0.29, 0.717) is 42.1 Å². The molecule has 0 bridgehead atoms. The monoisotopic (exact) mass is 447 g/mol. The summed E-state index contributed by atoms with van der Waals surface area (Å²) >= 11 is 0. The number of sulfonamides is 1. The number of primary amides is 1. The molecule has 0 aliphatic carbocycles. The number of methoxy groups -OCH3 is 2. The third kappa shape index (κ3) is 4.97. The van der Waals surface area contributed by atoms with Crippen LogP contribution in [0.5, 0.6) is 11.5 Å². The maximum Gasteiger partial charge on any atom is 0.248 e. The standard InChI is InChI=1S/C21H25N3O6S/c1-29-18-10-9-17(12-19(18)30-2)31(27,28)24-11-3-4-15(13-24)21(26)23-16-7-5-14(6-8-16)20(22)25/h5-10,12,15H,3-4,11,13H2,1-2H3,(H2,22,25)(H,23,26). The second kappa shape index (κ2) is 9.36. The van der Waals surface area contributed by atoms with Gasteiger partial charge in [0.15, 0.2) is 11.5 Å². The number of nitrogens with zero attached hydrogens (tertiary/aromatic N) is 1. The Morgan fingerprint density at radius 2 is 1.74 bits per heavy atom. The number of nitrogens with one attached hydrogen (secondary N) is 1. The lowest BCUT2D eigenvalue weighted by atomic mass is 9.98. The molecule has 1 unspecified atom stereocenters. The number of piperidine rings is 1. The quantitative estimate of drug-likeness (QED) is 0.667. The van der Waals surface area contributed by atoms with Gasteiger partial charge in [-0.1, -0.05) is 0 Å². The molecule has 0 radical (unpaired) electrons. The van der Waals surface area contributed by atoms with Gasteiger partial charge in [0.25, 0.3) is 0 Å². The molecule has 9 nitrogen and oxygen atoms in total. The number of carbonyl (C=O) groups is 2. The van der Waals surface area contributed by atoms with Crippen molar-refractivity contribution in [2.24, 2.45) is 11.7 Å². The van der Waals surface area contributed by atoms with E-state index in [4.69, 9.17) is 15.2 Å². The molecule has 2 amide bonds. The van der Waals surface area contributed by atoms with Crippen LogP contribution >= 0.6 is 0 Å². The number of benzene rings is 2. The topological polar surface area (TPSA) is 128 Å². The molecule has 3 N–H and O–H groups in total. The van der Waals surface area contributed by atoms with Gasteiger partial charge in [-0.05, 0) is 49.2 Å². The third-order valence-electron chi connectivity index (χ3n) is 5.18. The van der Waals surface area contributed by atoms with Crippen LogP contribution in [0, 0.1) is 5.92 Å². The van der Waals surface area contributed by atoms with Crippen LogP contribution in [0.15, 0.2) is 47.4 Å². The number of nitrogens with two attached hydrogens (primary N) is 1. The van der Waals surface area contributed by atoms with Crippen molar-refractivity contribution in [3.63, 3.8) is 0 Å². The van der Waals surface area contributed by atoms with Crippen LogP contribution < -0.4 is 20.5 Å². The lowest BCUT2D eigenvalue weighted by Crippen LogP contribution is -2.43. The van der Waals surface area contributed by atoms with Crippen molar-refractivity contribution < 1.29 is 27.5 Å². The van der Waals surface area contributed by atoms with E-state index in [1.54, 1.807) is 12.1 Å². The summed E-state index contributed by atoms with van der Waals surface area (Å²) in [7, 11) is -0.898. The Morgan fingerprint density at radius 3 is 2.35 bits per heavy atom. The fourth-order valence-corrected chi connectivity index (χ4v) is 5.00. The van der Waals surface area contributed by atoms with E-state index in [0.717, 1.165) is 0 Å². The number of rotatable bonds is 7. The van der Waals surface area contributed by atoms with E-state index in [2.05, 4.69) is 5.32 Å². The first-order chi connectivity index (χ1) is 14.8. The normalized spacial score (nSPS) is 17.0. The molecule has 10 heteroatoms. The molecule has 166 valence electrons. The average Bonchev–Trinajstić information content (AvgIpc) is 2.78. The zero-order valence-corrected chi connectivity index (χ0v) is 18.1. The maximum atomic E-state index is 13.1. The minimum Gasteiger partial charge on any atom is -0.493 e. The van der Waals surface area contributed by atoms with Crippen LogP contribution in [0.3, 0.4) is 0 Å². The number of ether oxygens (including phenoxy) is 2. The number of hydrogen-bond donors (Lipinski definition) is 2. The van der Waals surface area contributed by atoms with Crippen molar-refractivity contribution in [1.82, 2.24) is 4.31 Å². The predicted octanol–water partition coefficient (Wildman–Crippen LogP) is 1.84. The van der Waals surface area contributed by atoms with Crippen molar-refractivity contribution in [3.05, 3.63) is 48.0 Å². The van der Waals surface area contributed by atoms with Crippen molar-refractivity contribution in [3.8, 4) is 11.5 Å². The number of carbonyl (C=O) groups excluding carboxylic acids is 2. The second-order valence-corrected chi connectivity index (χ2v) is 9.09. The molecule has 31 heavy (non-hydrogen) atoms. The molecular formula is C21H25N3O6S. The summed E-state index contributed by atoms with van der Waals surface area (Å²) in [4.78, 5) is 24.0. The van der Waals surface area contributed by atoms with Crippen LogP contribution in [0.25, 0.3) is 0 Å². The Hall–Kier alpha value is -3.11. The Morgan fingerprint density at radius 1 is 1.06 bits per heavy atom. The molecular weight excluding hydrogens is 422 g/mol. The molecule has 1 aliphatic heterocycles. The van der Waals surface area contributed by atoms with Gasteiger partial charge in [-0.15, -0.1) is 0 Å². The summed E-state index contributed by atoms with van der Waals surface area (Å²) in [6.45, 7) is 0.398. The molecule has 0 saturated carbocycles. The molecule has 0 aromatic heterocycles. The van der Waals surface area contributed by atoms with Crippen LogP contribution in [0.1, 0.15) is 23.2 Å². The summed E-state index contributed by atoms with van der Waals surface area (Å²) in [5, 5.41) is 2.77. The molecule has 3 rings (SSSR count). The maximum absolute atomic E-state index is 13.1. The molecule has 2 aromatic carbocycles. The fraction of sp³-hybridized carbons (Fsp3) is 0.333. The molecule has 1 heterocycles. The largest absolute Gasteiger partial charge is 0.493 e. The van der Waals surface area contributed by atoms with Gasteiger partial charge in [0.2, 0.25) is 21.8 Å². The summed E-state index contributed by atoms with van der Waals surface area (Å²) in [6, 6.07) is 10.6. The molecule has 1 saturated heterocycles. The summed E-state index contributed by atoms with van der Waals surface area (Å²) < 4.78 is 38.0. The highest BCUT2D eigenvalue weighted by Crippen LogP contribution is 2.32. The Kier molecular flexibility index (Phi) is 6.81. The van der Waals surface area contributed by atoms with Gasteiger partial charge < -0.3 is 20.5 Å². The Balaban J connectivity index is 1.73. The van der Waals surface area contributed by atoms with Gasteiger partial charge in [-0.2, -0.15) is 4.31 Å². The van der Waals surface area contributed by atoms with Crippen LogP contribution in [-0.4, -0.2) is 51.8 Å². The van der Waals surface area contributed by atoms with E-state index in [9.17, 15) is 18.0 Å². The van der Waals surface area contributed by atoms with Crippen molar-refractivity contribution in [2.75, 3.05) is 32.6 Å². The Labute approximate surface area is 181 Å². The van der Waals surface area contributed by atoms with Gasteiger partial charge >= 0.3 is 0 Å². The van der Waals surface area contributed by atoms with Gasteiger partial charge in [0.05, 0.1) is 25.0 Å². The average molecular weight is 448 g/mol. The van der Waals surface area contributed by atoms with Gasteiger partial charge in [0, 0.05) is 30.4 Å². The minimum atomic E-state index is -3.81. The molecule has 1 atom stereocenters. The van der Waals surface area contributed by atoms with E-state index in [-0.39, 0.29) is 17.3 Å². The lowest BCUT2D eigenvalue weighted by molar-refractivity contribution is -0.120. The Bertz CT molecular complexity index is 1070. The van der Waals surface area contributed by atoms with E-state index < -0.39 is 21.8 Å². The number of amides is 2. The highest BCUT2D eigenvalue weighted by atomic mass is 32.2. The highest BCUT2D eigenvalue weighted by molar-refractivity contribution is 7.89. The highest BCUT2D eigenvalue weighted by Gasteiger charge is 2.33. The first-order valence-corrected chi connectivity index (χ1v) is 11.1. The van der Waals surface area contributed by atoms with Crippen LogP contribution in [-0.2, 0) is 14.8 Å². The zero-order valence-electron chi connectivity index (χ0n) is 17.3. The van der Waals surface area contributed by atoms with Gasteiger partial charge in [-0.3, -0.25) is 9.59 Å². The van der Waals surface area contributed by atoms with E-state index >= 15 is 0 Å². The first kappa shape index (κ1) is 22.6. The lowest BCUT2D eigenvalue weighted by Gasteiger charge is -2.31. The number of anilines is 1. The zero-order chi connectivity index (χ0) is 22.6. The van der Waals surface area contributed by atoms with Crippen LogP contribution in [0.4, 0.5) is 5.69 Å². The third-order valence-corrected chi connectivity index (χ3v) is 7.05. The second-order valence-electron chi connectivity index (χ2n) is 7.15. The minimum absolute atomic E-state index is 0.0713. The summed E-state index contributed by atoms with van der Waals surface area (Å²) in [5.41, 5.74) is 6.06. The predicted molar refractivity (Wildman–Crippen MR) is 115 cm³/mol. The number of hydrogen-bond acceptors (Lipinski definition) is 6. The molecule has 1 fully saturated rings. The van der Waals surface area contributed by atoms with Gasteiger partial charge in [0.1, 0.15) is 0 Å². The van der Waals surface area contributed by atoms with Crippen LogP contribution in [0.2, 0.25) is 0 Å². The van der Waals surface area contributed by atoms with Crippen molar-refractivity contribution >= 4 is 27.5 Å². The van der Waals surface area contributed by atoms with E-state index in [1.165, 1.54) is 48.9 Å². The molecule has 2 aromatic rings. The first-order valence-electron chi connectivity index (χ1n) is 9.69. The fourth-order valence-electron chi connectivity index (χ4n) is 3.46. The molecule has 0 spiro atoms. The smallest absolute Gasteiger partial charge is 0.248 e.